The first-order valence-corrected chi connectivity index (χ1v) is 7.92. The van der Waals surface area contributed by atoms with Gasteiger partial charge in [-0.1, -0.05) is 30.3 Å². The molecular weight excluding hydrogens is 430 g/mol. The first kappa shape index (κ1) is 20.9. The summed E-state index contributed by atoms with van der Waals surface area (Å²) in [4.78, 5) is 4.43. The molecule has 2 aromatic carbocycles. The van der Waals surface area contributed by atoms with Crippen LogP contribution in [0.3, 0.4) is 0 Å². The predicted octanol–water partition coefficient (Wildman–Crippen LogP) is 4.13. The molecule has 0 aliphatic rings. The minimum atomic E-state index is -0.357. The number of halogens is 2. The van der Waals surface area contributed by atoms with Gasteiger partial charge in [-0.25, -0.2) is 9.38 Å². The first-order valence-electron chi connectivity index (χ1n) is 7.92. The van der Waals surface area contributed by atoms with Crippen molar-refractivity contribution in [3.05, 3.63) is 71.0 Å². The largest absolute Gasteiger partial charge is 0.357 e. The minimum absolute atomic E-state index is 0. The Balaban J connectivity index is 0.00000312. The predicted molar refractivity (Wildman–Crippen MR) is 109 cm³/mol. The lowest BCUT2D eigenvalue weighted by molar-refractivity contribution is 0.609. The highest BCUT2D eigenvalue weighted by Crippen LogP contribution is 2.13. The molecule has 0 saturated heterocycles. The molecule has 0 spiro atoms. The van der Waals surface area contributed by atoms with Crippen LogP contribution in [0.2, 0.25) is 0 Å². The topological polar surface area (TPSA) is 60.2 Å². The van der Waals surface area contributed by atoms with Gasteiger partial charge in [-0.05, 0) is 37.6 Å². The molecule has 1 unspecified atom stereocenters. The zero-order valence-electron chi connectivity index (χ0n) is 14.3. The number of nitrogens with zero attached hydrogens (tertiary/aromatic N) is 2. The molecule has 2 N–H and O–H groups in total. The smallest absolute Gasteiger partial charge is 0.192 e. The molecule has 0 amide bonds. The summed E-state index contributed by atoms with van der Waals surface area (Å²) in [6, 6.07) is 16.4. The van der Waals surface area contributed by atoms with Gasteiger partial charge in [0.1, 0.15) is 5.82 Å². The molecule has 0 bridgehead atoms. The number of hydrogen-bond acceptors (Lipinski definition) is 2. The van der Waals surface area contributed by atoms with Crippen LogP contribution >= 0.6 is 24.0 Å². The SMILES string of the molecule is CCNC(=NCc1cc(C#N)ccc1F)NC(C)c1ccccc1.I. The Morgan fingerprint density at radius 3 is 2.60 bits per heavy atom. The fraction of sp³-hybridized carbons (Fsp3) is 0.263. The molecule has 0 radical (unpaired) electrons. The second-order valence-corrected chi connectivity index (χ2v) is 5.39. The van der Waals surface area contributed by atoms with E-state index in [4.69, 9.17) is 5.26 Å². The van der Waals surface area contributed by atoms with E-state index in [2.05, 4.69) is 15.6 Å². The van der Waals surface area contributed by atoms with Crippen LogP contribution < -0.4 is 10.6 Å². The van der Waals surface area contributed by atoms with E-state index >= 15 is 0 Å². The van der Waals surface area contributed by atoms with Crippen LogP contribution in [-0.2, 0) is 6.54 Å². The number of aliphatic imine (C=N–C) groups is 1. The van der Waals surface area contributed by atoms with Crippen LogP contribution in [0.25, 0.3) is 0 Å². The number of hydrogen-bond donors (Lipinski definition) is 2. The lowest BCUT2D eigenvalue weighted by Crippen LogP contribution is -2.38. The molecule has 25 heavy (non-hydrogen) atoms. The van der Waals surface area contributed by atoms with E-state index < -0.39 is 0 Å². The molecular formula is C19H22FIN4. The lowest BCUT2D eigenvalue weighted by atomic mass is 10.1. The van der Waals surface area contributed by atoms with Crippen LogP contribution in [0.4, 0.5) is 4.39 Å². The van der Waals surface area contributed by atoms with E-state index in [-0.39, 0.29) is 42.4 Å². The molecule has 0 aliphatic heterocycles. The quantitative estimate of drug-likeness (QED) is 0.408. The Labute approximate surface area is 165 Å². The number of rotatable bonds is 5. The Morgan fingerprint density at radius 1 is 1.24 bits per heavy atom. The van der Waals surface area contributed by atoms with Crippen LogP contribution in [-0.4, -0.2) is 12.5 Å². The molecule has 0 fully saturated rings. The van der Waals surface area contributed by atoms with E-state index in [1.54, 1.807) is 0 Å². The summed E-state index contributed by atoms with van der Waals surface area (Å²) in [6.45, 7) is 4.88. The van der Waals surface area contributed by atoms with Crippen molar-refractivity contribution < 1.29 is 4.39 Å². The lowest BCUT2D eigenvalue weighted by Gasteiger charge is -2.18. The average molecular weight is 452 g/mol. The Bertz CT molecular complexity index is 741. The van der Waals surface area contributed by atoms with Crippen molar-refractivity contribution in [3.63, 3.8) is 0 Å². The van der Waals surface area contributed by atoms with E-state index in [9.17, 15) is 4.39 Å². The molecule has 1 atom stereocenters. The van der Waals surface area contributed by atoms with Crippen molar-refractivity contribution >= 4 is 29.9 Å². The third-order valence-electron chi connectivity index (χ3n) is 3.58. The monoisotopic (exact) mass is 452 g/mol. The molecule has 0 aromatic heterocycles. The highest BCUT2D eigenvalue weighted by atomic mass is 127. The van der Waals surface area contributed by atoms with Crippen molar-refractivity contribution in [2.75, 3.05) is 6.54 Å². The maximum Gasteiger partial charge on any atom is 0.192 e. The standard InChI is InChI=1S/C19H21FN4.HI/c1-3-22-19(24-14(2)16-7-5-4-6-8-16)23-13-17-11-15(12-21)9-10-18(17)20;/h4-11,14H,3,13H2,1-2H3,(H2,22,23,24);1H. The number of benzene rings is 2. The van der Waals surface area contributed by atoms with E-state index in [0.717, 1.165) is 5.56 Å². The summed E-state index contributed by atoms with van der Waals surface area (Å²) in [7, 11) is 0. The van der Waals surface area contributed by atoms with Gasteiger partial charge in [0.2, 0.25) is 0 Å². The highest BCUT2D eigenvalue weighted by Gasteiger charge is 2.08. The average Bonchev–Trinajstić information content (AvgIpc) is 2.61. The van der Waals surface area contributed by atoms with Gasteiger partial charge in [-0.15, -0.1) is 24.0 Å². The summed E-state index contributed by atoms with van der Waals surface area (Å²) in [5.74, 6) is 0.250. The first-order chi connectivity index (χ1) is 11.6. The number of nitriles is 1. The minimum Gasteiger partial charge on any atom is -0.357 e. The molecule has 6 heteroatoms. The fourth-order valence-corrected chi connectivity index (χ4v) is 2.28. The summed E-state index contributed by atoms with van der Waals surface area (Å²) >= 11 is 0. The van der Waals surface area contributed by atoms with E-state index in [1.807, 2.05) is 50.2 Å². The van der Waals surface area contributed by atoms with E-state index in [0.29, 0.717) is 23.6 Å². The van der Waals surface area contributed by atoms with Gasteiger partial charge in [-0.3, -0.25) is 0 Å². The second kappa shape index (κ2) is 10.7. The van der Waals surface area contributed by atoms with Crippen molar-refractivity contribution in [1.29, 1.82) is 5.26 Å². The molecule has 0 heterocycles. The van der Waals surface area contributed by atoms with Gasteiger partial charge in [-0.2, -0.15) is 5.26 Å². The molecule has 0 saturated carbocycles. The maximum atomic E-state index is 13.9. The normalized spacial score (nSPS) is 11.8. The van der Waals surface area contributed by atoms with Gasteiger partial charge in [0.15, 0.2) is 5.96 Å². The summed E-state index contributed by atoms with van der Waals surface area (Å²) in [6.07, 6.45) is 0. The van der Waals surface area contributed by atoms with Crippen LogP contribution in [0.5, 0.6) is 0 Å². The van der Waals surface area contributed by atoms with Crippen molar-refractivity contribution in [3.8, 4) is 6.07 Å². The molecule has 2 rings (SSSR count). The Hall–Kier alpha value is -2.14. The molecule has 2 aromatic rings. The third-order valence-corrected chi connectivity index (χ3v) is 3.58. The number of guanidine groups is 1. The second-order valence-electron chi connectivity index (χ2n) is 5.39. The molecule has 132 valence electrons. The van der Waals surface area contributed by atoms with Crippen molar-refractivity contribution in [2.24, 2.45) is 4.99 Å². The third kappa shape index (κ3) is 6.35. The van der Waals surface area contributed by atoms with Gasteiger partial charge in [0.25, 0.3) is 0 Å². The Morgan fingerprint density at radius 2 is 1.96 bits per heavy atom. The van der Waals surface area contributed by atoms with E-state index in [1.165, 1.54) is 18.2 Å². The Kier molecular flexibility index (Phi) is 8.92. The van der Waals surface area contributed by atoms with Crippen LogP contribution in [0.15, 0.2) is 53.5 Å². The zero-order valence-corrected chi connectivity index (χ0v) is 16.6. The number of nitrogens with one attached hydrogen (secondary N) is 2. The zero-order chi connectivity index (χ0) is 17.4. The highest BCUT2D eigenvalue weighted by molar-refractivity contribution is 14.0. The molecule has 0 aliphatic carbocycles. The summed E-state index contributed by atoms with van der Waals surface area (Å²) < 4.78 is 13.9. The summed E-state index contributed by atoms with van der Waals surface area (Å²) in [5.41, 5.74) is 1.97. The maximum absolute atomic E-state index is 13.9. The van der Waals surface area contributed by atoms with Gasteiger partial charge in [0, 0.05) is 12.1 Å². The van der Waals surface area contributed by atoms with Crippen molar-refractivity contribution in [1.82, 2.24) is 10.6 Å². The van der Waals surface area contributed by atoms with Crippen LogP contribution in [0.1, 0.15) is 36.6 Å². The van der Waals surface area contributed by atoms with Gasteiger partial charge in [0.05, 0.1) is 24.2 Å². The summed E-state index contributed by atoms with van der Waals surface area (Å²) in [5, 5.41) is 15.4. The fourth-order valence-electron chi connectivity index (χ4n) is 2.28. The van der Waals surface area contributed by atoms with Gasteiger partial charge < -0.3 is 10.6 Å². The van der Waals surface area contributed by atoms with Crippen LogP contribution in [0, 0.1) is 17.1 Å². The van der Waals surface area contributed by atoms with Crippen molar-refractivity contribution in [2.45, 2.75) is 26.4 Å². The molecule has 4 nitrogen and oxygen atoms in total. The van der Waals surface area contributed by atoms with Gasteiger partial charge >= 0.3 is 0 Å².